The van der Waals surface area contributed by atoms with Gasteiger partial charge < -0.3 is 10.2 Å². The fourth-order valence-corrected chi connectivity index (χ4v) is 2.53. The summed E-state index contributed by atoms with van der Waals surface area (Å²) < 4.78 is 0. The Bertz CT molecular complexity index is 625. The summed E-state index contributed by atoms with van der Waals surface area (Å²) in [6, 6.07) is 11.8. The van der Waals surface area contributed by atoms with Crippen LogP contribution in [0.25, 0.3) is 0 Å². The third kappa shape index (κ3) is 5.02. The summed E-state index contributed by atoms with van der Waals surface area (Å²) in [7, 11) is 0. The van der Waals surface area contributed by atoms with E-state index in [1.165, 1.54) is 0 Å². The van der Waals surface area contributed by atoms with Gasteiger partial charge in [0.2, 0.25) is 0 Å². The summed E-state index contributed by atoms with van der Waals surface area (Å²) in [6.07, 6.45) is 0. The number of rotatable bonds is 0. The van der Waals surface area contributed by atoms with E-state index in [0.717, 1.165) is 22.3 Å². The van der Waals surface area contributed by atoms with Gasteiger partial charge in [-0.05, 0) is 46.9 Å². The molecule has 2 N–H and O–H groups in total. The molecule has 2 aromatic rings. The standard InChI is InChI=1S/2C11H16O/c2*1-8-6-5-7-9(10(8)12)11(2,3)4/h2*5-7,12H,1-4H3. The molecular weight excluding hydrogens is 296 g/mol. The van der Waals surface area contributed by atoms with Gasteiger partial charge in [-0.1, -0.05) is 77.9 Å². The summed E-state index contributed by atoms with van der Waals surface area (Å²) in [4.78, 5) is 0. The van der Waals surface area contributed by atoms with Crippen molar-refractivity contribution < 1.29 is 10.2 Å². The monoisotopic (exact) mass is 328 g/mol. The van der Waals surface area contributed by atoms with E-state index in [2.05, 4.69) is 41.5 Å². The van der Waals surface area contributed by atoms with Crippen molar-refractivity contribution >= 4 is 0 Å². The third-order valence-electron chi connectivity index (χ3n) is 4.09. The van der Waals surface area contributed by atoms with E-state index in [1.54, 1.807) is 0 Å². The lowest BCUT2D eigenvalue weighted by atomic mass is 9.85. The van der Waals surface area contributed by atoms with Crippen molar-refractivity contribution in [1.29, 1.82) is 0 Å². The zero-order valence-electron chi connectivity index (χ0n) is 16.4. The summed E-state index contributed by atoms with van der Waals surface area (Å²) >= 11 is 0. The van der Waals surface area contributed by atoms with Gasteiger partial charge in [0.15, 0.2) is 0 Å². The number of benzene rings is 2. The molecule has 0 saturated heterocycles. The number of aryl methyl sites for hydroxylation is 2. The molecule has 0 aromatic heterocycles. The van der Waals surface area contributed by atoms with E-state index < -0.39 is 0 Å². The molecule has 2 heteroatoms. The lowest BCUT2D eigenvalue weighted by Crippen LogP contribution is -2.11. The molecule has 2 nitrogen and oxygen atoms in total. The minimum absolute atomic E-state index is 0.0239. The van der Waals surface area contributed by atoms with Crippen molar-refractivity contribution in [3.8, 4) is 11.5 Å². The van der Waals surface area contributed by atoms with Gasteiger partial charge in [0.25, 0.3) is 0 Å². The van der Waals surface area contributed by atoms with E-state index in [-0.39, 0.29) is 10.8 Å². The topological polar surface area (TPSA) is 40.5 Å². The molecule has 0 unspecified atom stereocenters. The quantitative estimate of drug-likeness (QED) is 0.623. The Morgan fingerprint density at radius 2 is 0.875 bits per heavy atom. The SMILES string of the molecule is Cc1cccc(C(C)(C)C)c1O.Cc1cccc(C(C)(C)C)c1O. The lowest BCUT2D eigenvalue weighted by molar-refractivity contribution is 0.442. The smallest absolute Gasteiger partial charge is 0.122 e. The van der Waals surface area contributed by atoms with Crippen LogP contribution in [-0.2, 0) is 10.8 Å². The predicted molar refractivity (Wildman–Crippen MR) is 103 cm³/mol. The van der Waals surface area contributed by atoms with Crippen LogP contribution in [0, 0.1) is 13.8 Å². The van der Waals surface area contributed by atoms with E-state index >= 15 is 0 Å². The van der Waals surface area contributed by atoms with Gasteiger partial charge >= 0.3 is 0 Å². The zero-order valence-corrected chi connectivity index (χ0v) is 16.4. The van der Waals surface area contributed by atoms with Crippen LogP contribution >= 0.6 is 0 Å². The molecule has 0 aliphatic rings. The number of hydrogen-bond donors (Lipinski definition) is 2. The molecule has 2 aromatic carbocycles. The first-order valence-electron chi connectivity index (χ1n) is 8.44. The minimum Gasteiger partial charge on any atom is -0.507 e. The second-order valence-corrected chi connectivity index (χ2v) is 8.44. The molecule has 0 spiro atoms. The highest BCUT2D eigenvalue weighted by Gasteiger charge is 2.18. The number of phenols is 2. The van der Waals surface area contributed by atoms with E-state index in [4.69, 9.17) is 0 Å². The normalized spacial score (nSPS) is 11.7. The average molecular weight is 328 g/mol. The Morgan fingerprint density at radius 1 is 0.583 bits per heavy atom. The molecule has 0 radical (unpaired) electrons. The minimum atomic E-state index is 0.0239. The van der Waals surface area contributed by atoms with Gasteiger partial charge in [-0.25, -0.2) is 0 Å². The van der Waals surface area contributed by atoms with Crippen molar-refractivity contribution in [1.82, 2.24) is 0 Å². The van der Waals surface area contributed by atoms with Crippen LogP contribution in [0.3, 0.4) is 0 Å². The van der Waals surface area contributed by atoms with E-state index in [9.17, 15) is 10.2 Å². The summed E-state index contributed by atoms with van der Waals surface area (Å²) in [5, 5.41) is 19.5. The molecule has 0 aliphatic heterocycles. The van der Waals surface area contributed by atoms with Gasteiger partial charge in [0.05, 0.1) is 0 Å². The highest BCUT2D eigenvalue weighted by molar-refractivity contribution is 5.43. The van der Waals surface area contributed by atoms with Crippen LogP contribution in [0.1, 0.15) is 63.8 Å². The van der Waals surface area contributed by atoms with E-state index in [0.29, 0.717) is 11.5 Å². The number of phenolic OH excluding ortho intramolecular Hbond substituents is 2. The highest BCUT2D eigenvalue weighted by atomic mass is 16.3. The maximum atomic E-state index is 9.73. The zero-order chi connectivity index (χ0) is 18.7. The average Bonchev–Trinajstić information content (AvgIpc) is 2.43. The number of hydrogen-bond acceptors (Lipinski definition) is 2. The van der Waals surface area contributed by atoms with Gasteiger partial charge in [-0.15, -0.1) is 0 Å². The van der Waals surface area contributed by atoms with Crippen molar-refractivity contribution in [2.75, 3.05) is 0 Å². The molecule has 0 amide bonds. The van der Waals surface area contributed by atoms with E-state index in [1.807, 2.05) is 50.2 Å². The number of aromatic hydroxyl groups is 2. The van der Waals surface area contributed by atoms with Gasteiger partial charge in [-0.2, -0.15) is 0 Å². The predicted octanol–water partition coefficient (Wildman–Crippen LogP) is 6.00. The third-order valence-corrected chi connectivity index (χ3v) is 4.09. The van der Waals surface area contributed by atoms with Crippen molar-refractivity contribution in [2.24, 2.45) is 0 Å². The van der Waals surface area contributed by atoms with Crippen molar-refractivity contribution in [2.45, 2.75) is 66.2 Å². The fraction of sp³-hybridized carbons (Fsp3) is 0.455. The molecule has 0 saturated carbocycles. The largest absolute Gasteiger partial charge is 0.507 e. The summed E-state index contributed by atoms with van der Waals surface area (Å²) in [5.41, 5.74) is 3.97. The Labute approximate surface area is 147 Å². The molecule has 0 fully saturated rings. The summed E-state index contributed by atoms with van der Waals surface area (Å²) in [5.74, 6) is 0.870. The number of para-hydroxylation sites is 2. The molecule has 132 valence electrons. The van der Waals surface area contributed by atoms with Crippen LogP contribution in [0.15, 0.2) is 36.4 Å². The Morgan fingerprint density at radius 3 is 1.08 bits per heavy atom. The molecule has 0 atom stereocenters. The van der Waals surface area contributed by atoms with Gasteiger partial charge in [0.1, 0.15) is 11.5 Å². The van der Waals surface area contributed by atoms with Crippen LogP contribution in [-0.4, -0.2) is 10.2 Å². The summed E-state index contributed by atoms with van der Waals surface area (Å²) in [6.45, 7) is 16.4. The second-order valence-electron chi connectivity index (χ2n) is 8.44. The van der Waals surface area contributed by atoms with Crippen LogP contribution in [0.5, 0.6) is 11.5 Å². The van der Waals surface area contributed by atoms with Crippen molar-refractivity contribution in [3.63, 3.8) is 0 Å². The second kappa shape index (κ2) is 7.29. The molecular formula is C22H32O2. The van der Waals surface area contributed by atoms with Gasteiger partial charge in [-0.3, -0.25) is 0 Å². The fourth-order valence-electron chi connectivity index (χ4n) is 2.53. The maximum Gasteiger partial charge on any atom is 0.122 e. The Balaban J connectivity index is 0.000000240. The molecule has 0 bridgehead atoms. The molecule has 24 heavy (non-hydrogen) atoms. The first-order chi connectivity index (χ1) is 10.9. The Kier molecular flexibility index (Phi) is 6.10. The van der Waals surface area contributed by atoms with Crippen LogP contribution in [0.2, 0.25) is 0 Å². The van der Waals surface area contributed by atoms with Crippen LogP contribution in [0.4, 0.5) is 0 Å². The lowest BCUT2D eigenvalue weighted by Gasteiger charge is -2.21. The Hall–Kier alpha value is -1.96. The highest BCUT2D eigenvalue weighted by Crippen LogP contribution is 2.33. The first kappa shape index (κ1) is 20.1. The van der Waals surface area contributed by atoms with Gasteiger partial charge in [0, 0.05) is 0 Å². The molecule has 2 rings (SSSR count). The molecule has 0 heterocycles. The van der Waals surface area contributed by atoms with Crippen molar-refractivity contribution in [3.05, 3.63) is 58.7 Å². The van der Waals surface area contributed by atoms with Crippen LogP contribution < -0.4 is 0 Å². The first-order valence-corrected chi connectivity index (χ1v) is 8.44. The maximum absolute atomic E-state index is 9.73. The molecule has 0 aliphatic carbocycles.